The predicted molar refractivity (Wildman–Crippen MR) is 121 cm³/mol. The molecule has 0 spiro atoms. The van der Waals surface area contributed by atoms with Crippen molar-refractivity contribution in [3.63, 3.8) is 0 Å². The van der Waals surface area contributed by atoms with Crippen LogP contribution in [-0.4, -0.2) is 37.0 Å². The third kappa shape index (κ3) is 4.56. The molecule has 0 N–H and O–H groups in total. The second-order valence-electron chi connectivity index (χ2n) is 7.68. The summed E-state index contributed by atoms with van der Waals surface area (Å²) < 4.78 is 24.5. The number of carbonyl (C=O) groups is 1. The van der Waals surface area contributed by atoms with Crippen molar-refractivity contribution < 1.29 is 18.3 Å². The predicted octanol–water partition coefficient (Wildman–Crippen LogP) is 4.88. The lowest BCUT2D eigenvalue weighted by molar-refractivity contribution is 0.0717. The Morgan fingerprint density at radius 3 is 2.62 bits per heavy atom. The minimum Gasteiger partial charge on any atom is -0.497 e. The molecule has 0 saturated heterocycles. The fraction of sp³-hybridized carbons (Fsp3) is 0.200. The molecule has 6 nitrogen and oxygen atoms in total. The standard InChI is InChI=1S/C25H24FN3O3/c1-28(2)24-19(12-17-9-10-20(26)14-23(17)27-24)15-29(16-22-8-5-11-32-22)25(30)18-6-4-7-21(13-18)31-3/h4-14H,15-16H2,1-3H3. The molecule has 4 rings (SSSR count). The fourth-order valence-corrected chi connectivity index (χ4v) is 3.61. The van der Waals surface area contributed by atoms with Gasteiger partial charge in [-0.15, -0.1) is 0 Å². The lowest BCUT2D eigenvalue weighted by Crippen LogP contribution is -2.31. The Morgan fingerprint density at radius 2 is 1.91 bits per heavy atom. The molecule has 0 unspecified atom stereocenters. The number of pyridine rings is 1. The van der Waals surface area contributed by atoms with Gasteiger partial charge < -0.3 is 19.0 Å². The third-order valence-electron chi connectivity index (χ3n) is 5.15. The van der Waals surface area contributed by atoms with Crippen LogP contribution in [0.15, 0.2) is 71.3 Å². The van der Waals surface area contributed by atoms with Crippen LogP contribution in [0.25, 0.3) is 10.9 Å². The van der Waals surface area contributed by atoms with E-state index in [-0.39, 0.29) is 18.3 Å². The Morgan fingerprint density at radius 1 is 1.06 bits per heavy atom. The van der Waals surface area contributed by atoms with Crippen LogP contribution in [0.1, 0.15) is 21.7 Å². The highest BCUT2D eigenvalue weighted by Crippen LogP contribution is 2.26. The number of halogens is 1. The molecule has 2 aromatic heterocycles. The van der Waals surface area contributed by atoms with E-state index in [2.05, 4.69) is 4.98 Å². The fourth-order valence-electron chi connectivity index (χ4n) is 3.61. The number of aromatic nitrogens is 1. The van der Waals surface area contributed by atoms with E-state index in [4.69, 9.17) is 9.15 Å². The first-order chi connectivity index (χ1) is 15.4. The number of amides is 1. The largest absolute Gasteiger partial charge is 0.497 e. The Kier molecular flexibility index (Phi) is 6.07. The number of fused-ring (bicyclic) bond motifs is 1. The maximum atomic E-state index is 13.7. The SMILES string of the molecule is COc1cccc(C(=O)N(Cc2ccco2)Cc2cc3ccc(F)cc3nc2N(C)C)c1. The first-order valence-corrected chi connectivity index (χ1v) is 10.2. The van der Waals surface area contributed by atoms with Crippen molar-refractivity contribution in [1.82, 2.24) is 9.88 Å². The molecule has 0 fully saturated rings. The number of methoxy groups -OCH3 is 1. The van der Waals surface area contributed by atoms with Crippen LogP contribution >= 0.6 is 0 Å². The van der Waals surface area contributed by atoms with Gasteiger partial charge in [-0.2, -0.15) is 0 Å². The molecule has 0 bridgehead atoms. The average molecular weight is 433 g/mol. The zero-order chi connectivity index (χ0) is 22.7. The van der Waals surface area contributed by atoms with Gasteiger partial charge >= 0.3 is 0 Å². The van der Waals surface area contributed by atoms with Gasteiger partial charge in [0.2, 0.25) is 0 Å². The van der Waals surface area contributed by atoms with E-state index in [1.807, 2.05) is 31.1 Å². The van der Waals surface area contributed by atoms with E-state index in [0.717, 1.165) is 10.9 Å². The Labute approximate surface area is 185 Å². The second-order valence-corrected chi connectivity index (χ2v) is 7.68. The van der Waals surface area contributed by atoms with Gasteiger partial charge in [-0.3, -0.25) is 4.79 Å². The van der Waals surface area contributed by atoms with E-state index in [9.17, 15) is 9.18 Å². The highest BCUT2D eigenvalue weighted by Gasteiger charge is 2.21. The van der Waals surface area contributed by atoms with Crippen molar-refractivity contribution in [1.29, 1.82) is 0 Å². The molecule has 2 aromatic carbocycles. The van der Waals surface area contributed by atoms with Crippen LogP contribution < -0.4 is 9.64 Å². The van der Waals surface area contributed by atoms with Crippen molar-refractivity contribution >= 4 is 22.6 Å². The van der Waals surface area contributed by atoms with Crippen LogP contribution in [0.5, 0.6) is 5.75 Å². The van der Waals surface area contributed by atoms with Gasteiger partial charge in [-0.05, 0) is 48.5 Å². The Bertz CT molecular complexity index is 1240. The molecule has 0 radical (unpaired) electrons. The molecule has 164 valence electrons. The molecule has 0 aliphatic rings. The summed E-state index contributed by atoms with van der Waals surface area (Å²) in [6.07, 6.45) is 1.58. The minimum atomic E-state index is -0.338. The molecule has 4 aromatic rings. The summed E-state index contributed by atoms with van der Waals surface area (Å²) >= 11 is 0. The van der Waals surface area contributed by atoms with Crippen molar-refractivity contribution in [3.05, 3.63) is 89.6 Å². The summed E-state index contributed by atoms with van der Waals surface area (Å²) in [6.45, 7) is 0.585. The quantitative estimate of drug-likeness (QED) is 0.416. The number of ether oxygens (including phenoxy) is 1. The molecule has 7 heteroatoms. The zero-order valence-corrected chi connectivity index (χ0v) is 18.2. The van der Waals surface area contributed by atoms with E-state index < -0.39 is 0 Å². The van der Waals surface area contributed by atoms with Gasteiger partial charge in [0.25, 0.3) is 5.91 Å². The normalized spacial score (nSPS) is 10.9. The summed E-state index contributed by atoms with van der Waals surface area (Å²) in [5.41, 5.74) is 1.92. The number of furan rings is 1. The zero-order valence-electron chi connectivity index (χ0n) is 18.2. The maximum Gasteiger partial charge on any atom is 0.254 e. The maximum absolute atomic E-state index is 13.7. The number of rotatable bonds is 7. The topological polar surface area (TPSA) is 58.8 Å². The number of hydrogen-bond acceptors (Lipinski definition) is 5. The summed E-state index contributed by atoms with van der Waals surface area (Å²) in [6, 6.07) is 17.1. The smallest absolute Gasteiger partial charge is 0.254 e. The van der Waals surface area contributed by atoms with Crippen LogP contribution in [0.4, 0.5) is 10.2 Å². The molecule has 0 atom stereocenters. The molecular weight excluding hydrogens is 409 g/mol. The molecular formula is C25H24FN3O3. The van der Waals surface area contributed by atoms with E-state index in [1.54, 1.807) is 54.7 Å². The number of anilines is 1. The number of carbonyl (C=O) groups excluding carboxylic acids is 1. The van der Waals surface area contributed by atoms with Gasteiger partial charge in [-0.1, -0.05) is 6.07 Å². The molecule has 0 aliphatic carbocycles. The first kappa shape index (κ1) is 21.4. The van der Waals surface area contributed by atoms with E-state index >= 15 is 0 Å². The third-order valence-corrected chi connectivity index (χ3v) is 5.15. The number of hydrogen-bond donors (Lipinski definition) is 0. The average Bonchev–Trinajstić information content (AvgIpc) is 3.31. The monoisotopic (exact) mass is 433 g/mol. The number of benzene rings is 2. The molecule has 1 amide bonds. The van der Waals surface area contributed by atoms with E-state index in [1.165, 1.54) is 12.1 Å². The summed E-state index contributed by atoms with van der Waals surface area (Å²) in [4.78, 5) is 21.7. The molecule has 0 aliphatic heterocycles. The van der Waals surface area contributed by atoms with E-state index in [0.29, 0.717) is 35.0 Å². The molecule has 0 saturated carbocycles. The first-order valence-electron chi connectivity index (χ1n) is 10.2. The minimum absolute atomic E-state index is 0.163. The molecule has 2 heterocycles. The lowest BCUT2D eigenvalue weighted by Gasteiger charge is -2.25. The van der Waals surface area contributed by atoms with Gasteiger partial charge in [0.1, 0.15) is 23.1 Å². The Hall–Kier alpha value is -3.87. The summed E-state index contributed by atoms with van der Waals surface area (Å²) in [5, 5.41) is 0.804. The second kappa shape index (κ2) is 9.09. The lowest BCUT2D eigenvalue weighted by atomic mass is 10.1. The molecule has 32 heavy (non-hydrogen) atoms. The van der Waals surface area contributed by atoms with Gasteiger partial charge in [-0.25, -0.2) is 9.37 Å². The highest BCUT2D eigenvalue weighted by atomic mass is 19.1. The number of nitrogens with zero attached hydrogens (tertiary/aromatic N) is 3. The van der Waals surface area contributed by atoms with Crippen molar-refractivity contribution in [2.24, 2.45) is 0 Å². The highest BCUT2D eigenvalue weighted by molar-refractivity contribution is 5.94. The van der Waals surface area contributed by atoms with Crippen molar-refractivity contribution in [2.75, 3.05) is 26.1 Å². The van der Waals surface area contributed by atoms with Gasteiger partial charge in [0, 0.05) is 36.7 Å². The van der Waals surface area contributed by atoms with Crippen LogP contribution in [0.2, 0.25) is 0 Å². The van der Waals surface area contributed by atoms with Crippen molar-refractivity contribution in [3.8, 4) is 5.75 Å². The van der Waals surface area contributed by atoms with Crippen LogP contribution in [0, 0.1) is 5.82 Å². The van der Waals surface area contributed by atoms with Crippen LogP contribution in [0.3, 0.4) is 0 Å². The van der Waals surface area contributed by atoms with Crippen LogP contribution in [-0.2, 0) is 13.1 Å². The summed E-state index contributed by atoms with van der Waals surface area (Å²) in [5.74, 6) is 1.45. The van der Waals surface area contributed by atoms with Crippen molar-refractivity contribution in [2.45, 2.75) is 13.1 Å². The van der Waals surface area contributed by atoms with Gasteiger partial charge in [0.15, 0.2) is 0 Å². The summed E-state index contributed by atoms with van der Waals surface area (Å²) in [7, 11) is 5.31. The van der Waals surface area contributed by atoms with Gasteiger partial charge in [0.05, 0.1) is 32.0 Å². The Balaban J connectivity index is 1.74.